The molecular weight excluding hydrogens is 350 g/mol. The highest BCUT2D eigenvalue weighted by atomic mass is 32.2. The number of carbonyl (C=O) groups excluding carboxylic acids is 1. The zero-order valence-corrected chi connectivity index (χ0v) is 14.3. The van der Waals surface area contributed by atoms with E-state index in [-0.39, 0.29) is 16.7 Å². The fourth-order valence-electron chi connectivity index (χ4n) is 2.29. The Labute approximate surface area is 144 Å². The fourth-order valence-corrected chi connectivity index (χ4v) is 3.25. The van der Waals surface area contributed by atoms with Crippen LogP contribution in [0.15, 0.2) is 39.9 Å². The largest absolute Gasteiger partial charge is 0.377 e. The van der Waals surface area contributed by atoms with E-state index in [9.17, 15) is 13.2 Å². The molecule has 3 rings (SSSR count). The number of aromatic nitrogens is 2. The van der Waals surface area contributed by atoms with Crippen molar-refractivity contribution in [2.75, 3.05) is 41.4 Å². The molecule has 2 aromatic rings. The molecule has 2 N–H and O–H groups in total. The highest BCUT2D eigenvalue weighted by Gasteiger charge is 2.25. The second-order valence-corrected chi connectivity index (χ2v) is 7.05. The fraction of sp³-hybridized carbons (Fsp3) is 0.357. The zero-order valence-electron chi connectivity index (χ0n) is 13.5. The Balaban J connectivity index is 1.70. The molecule has 0 bridgehead atoms. The van der Waals surface area contributed by atoms with Crippen molar-refractivity contribution in [2.45, 2.75) is 11.8 Å². The van der Waals surface area contributed by atoms with Gasteiger partial charge in [0.2, 0.25) is 11.2 Å². The van der Waals surface area contributed by atoms with Gasteiger partial charge in [-0.25, -0.2) is 13.1 Å². The number of rotatable bonds is 5. The summed E-state index contributed by atoms with van der Waals surface area (Å²) in [7, 11) is -3.83. The first kappa shape index (κ1) is 17.2. The number of benzene rings is 1. The quantitative estimate of drug-likeness (QED) is 0.695. The zero-order chi connectivity index (χ0) is 17.9. The number of amides is 1. The van der Waals surface area contributed by atoms with Gasteiger partial charge in [-0.1, -0.05) is 0 Å². The smallest absolute Gasteiger partial charge is 0.312 e. The molecule has 0 unspecified atom stereocenters. The summed E-state index contributed by atoms with van der Waals surface area (Å²) in [5.41, 5.74) is 0.510. The van der Waals surface area contributed by atoms with Gasteiger partial charge in [0.15, 0.2) is 0 Å². The van der Waals surface area contributed by atoms with E-state index in [1.165, 1.54) is 42.2 Å². The Morgan fingerprint density at radius 3 is 2.56 bits per heavy atom. The lowest BCUT2D eigenvalue weighted by molar-refractivity contribution is -0.759. The summed E-state index contributed by atoms with van der Waals surface area (Å²) in [5, 5.41) is 8.24. The van der Waals surface area contributed by atoms with E-state index >= 15 is 0 Å². The Morgan fingerprint density at radius 1 is 1.24 bits per heavy atom. The third-order valence-electron chi connectivity index (χ3n) is 3.45. The molecule has 10 nitrogen and oxygen atoms in total. The minimum absolute atomic E-state index is 0.00238. The normalized spacial score (nSPS) is 15.0. The summed E-state index contributed by atoms with van der Waals surface area (Å²) in [6.07, 6.45) is 1.45. The number of hydrogen-bond donors (Lipinski definition) is 2. The van der Waals surface area contributed by atoms with E-state index in [4.69, 9.17) is 9.26 Å². The molecular formula is C14H18N5O5S+. The second kappa shape index (κ2) is 7.07. The monoisotopic (exact) mass is 368 g/mol. The molecule has 0 saturated carbocycles. The highest BCUT2D eigenvalue weighted by molar-refractivity contribution is 7.92. The number of nitrogens with zero attached hydrogens (tertiary/aromatic N) is 3. The van der Waals surface area contributed by atoms with Crippen molar-refractivity contribution in [2.24, 2.45) is 0 Å². The van der Waals surface area contributed by atoms with Crippen LogP contribution in [0.4, 0.5) is 11.6 Å². The molecule has 2 heterocycles. The van der Waals surface area contributed by atoms with Gasteiger partial charge in [-0.15, -0.1) is 5.01 Å². The van der Waals surface area contributed by atoms with Gasteiger partial charge in [0.25, 0.3) is 16.2 Å². The lowest BCUT2D eigenvalue weighted by Gasteiger charge is -2.18. The maximum absolute atomic E-state index is 12.4. The summed E-state index contributed by atoms with van der Waals surface area (Å²) < 4.78 is 37.4. The van der Waals surface area contributed by atoms with Crippen molar-refractivity contribution in [1.29, 1.82) is 0 Å². The van der Waals surface area contributed by atoms with Gasteiger partial charge in [0.05, 0.1) is 36.0 Å². The molecule has 1 aliphatic rings. The summed E-state index contributed by atoms with van der Waals surface area (Å²) in [6, 6.07) is 5.79. The van der Waals surface area contributed by atoms with Gasteiger partial charge in [-0.3, -0.25) is 9.32 Å². The van der Waals surface area contributed by atoms with Crippen molar-refractivity contribution in [3.63, 3.8) is 0 Å². The van der Waals surface area contributed by atoms with E-state index in [1.807, 2.05) is 5.01 Å². The molecule has 1 aromatic heterocycles. The molecule has 25 heavy (non-hydrogen) atoms. The Hall–Kier alpha value is -2.66. The second-order valence-electron chi connectivity index (χ2n) is 5.36. The van der Waals surface area contributed by atoms with Crippen LogP contribution < -0.4 is 19.8 Å². The van der Waals surface area contributed by atoms with Crippen LogP contribution >= 0.6 is 0 Å². The van der Waals surface area contributed by atoms with Crippen LogP contribution in [0.3, 0.4) is 0 Å². The van der Waals surface area contributed by atoms with Crippen LogP contribution in [0.25, 0.3) is 0 Å². The number of ether oxygens (including phenoxy) is 1. The third kappa shape index (κ3) is 4.25. The van der Waals surface area contributed by atoms with Gasteiger partial charge < -0.3 is 10.1 Å². The molecule has 1 aromatic carbocycles. The van der Waals surface area contributed by atoms with E-state index in [1.54, 1.807) is 0 Å². The van der Waals surface area contributed by atoms with Crippen molar-refractivity contribution < 1.29 is 27.3 Å². The van der Waals surface area contributed by atoms with Gasteiger partial charge in [-0.05, 0) is 24.3 Å². The minimum Gasteiger partial charge on any atom is -0.377 e. The van der Waals surface area contributed by atoms with Crippen molar-refractivity contribution in [3.05, 3.63) is 30.5 Å². The molecule has 1 amide bonds. The lowest BCUT2D eigenvalue weighted by Crippen LogP contribution is -2.62. The molecule has 134 valence electrons. The molecule has 1 aliphatic heterocycles. The van der Waals surface area contributed by atoms with Crippen molar-refractivity contribution >= 4 is 27.5 Å². The van der Waals surface area contributed by atoms with Crippen molar-refractivity contribution in [1.82, 2.24) is 5.27 Å². The number of sulfonamides is 1. The van der Waals surface area contributed by atoms with E-state index in [0.717, 1.165) is 0 Å². The van der Waals surface area contributed by atoms with E-state index < -0.39 is 10.0 Å². The van der Waals surface area contributed by atoms with E-state index in [2.05, 4.69) is 15.3 Å². The maximum atomic E-state index is 12.4. The first-order valence-electron chi connectivity index (χ1n) is 7.56. The average Bonchev–Trinajstić information content (AvgIpc) is 3.03. The van der Waals surface area contributed by atoms with Crippen LogP contribution in [0, 0.1) is 0 Å². The first-order chi connectivity index (χ1) is 11.9. The molecule has 1 saturated heterocycles. The Bertz CT molecular complexity index is 843. The molecule has 0 aliphatic carbocycles. The van der Waals surface area contributed by atoms with Crippen LogP contribution in [0.2, 0.25) is 0 Å². The van der Waals surface area contributed by atoms with Crippen LogP contribution in [-0.4, -0.2) is 45.9 Å². The summed E-state index contributed by atoms with van der Waals surface area (Å²) in [4.78, 5) is 12.5. The van der Waals surface area contributed by atoms with Gasteiger partial charge in [0.1, 0.15) is 0 Å². The average molecular weight is 368 g/mol. The highest BCUT2D eigenvalue weighted by Crippen LogP contribution is 2.17. The molecule has 0 radical (unpaired) electrons. The Kier molecular flexibility index (Phi) is 4.86. The predicted molar refractivity (Wildman–Crippen MR) is 87.0 cm³/mol. The van der Waals surface area contributed by atoms with Gasteiger partial charge >= 0.3 is 5.88 Å². The standard InChI is InChI=1S/C14H17N5O5S/c1-11(20)15-12-2-4-13(5-3-12)25(21,22)16-14-10-19(17-24-14)18-6-8-23-9-7-18/h2-5,10H,6-9H2,1H3,(H-,15,16,17,20)/p+1. The topological polar surface area (TPSA) is 118 Å². The summed E-state index contributed by atoms with van der Waals surface area (Å²) >= 11 is 0. The Morgan fingerprint density at radius 2 is 1.92 bits per heavy atom. The molecule has 0 spiro atoms. The number of carbonyl (C=O) groups is 1. The minimum atomic E-state index is -3.83. The molecule has 1 fully saturated rings. The number of morpholine rings is 1. The van der Waals surface area contributed by atoms with Gasteiger partial charge in [0, 0.05) is 12.6 Å². The lowest BCUT2D eigenvalue weighted by atomic mass is 10.3. The number of anilines is 2. The van der Waals surface area contributed by atoms with Crippen molar-refractivity contribution in [3.8, 4) is 0 Å². The molecule has 0 atom stereocenters. The summed E-state index contributed by atoms with van der Waals surface area (Å²) in [6.45, 7) is 3.78. The van der Waals surface area contributed by atoms with Crippen LogP contribution in [0.5, 0.6) is 0 Å². The van der Waals surface area contributed by atoms with Gasteiger partial charge in [-0.2, -0.15) is 0 Å². The van der Waals surface area contributed by atoms with Crippen LogP contribution in [0.1, 0.15) is 6.92 Å². The SMILES string of the molecule is CC(=O)Nc1ccc(S(=O)(=O)Nc2c[n+](N3CCOCC3)no2)cc1. The van der Waals surface area contributed by atoms with E-state index in [0.29, 0.717) is 32.0 Å². The third-order valence-corrected chi connectivity index (χ3v) is 4.82. The molecule has 11 heteroatoms. The number of nitrogens with one attached hydrogen (secondary N) is 2. The number of hydrogen-bond acceptors (Lipinski definition) is 7. The maximum Gasteiger partial charge on any atom is 0.312 e. The predicted octanol–water partition coefficient (Wildman–Crippen LogP) is -0.310. The summed E-state index contributed by atoms with van der Waals surface area (Å²) in [5.74, 6) is -0.236. The first-order valence-corrected chi connectivity index (χ1v) is 9.04. The van der Waals surface area contributed by atoms with Crippen LogP contribution in [-0.2, 0) is 19.6 Å².